The third kappa shape index (κ3) is 2.45. The molecule has 1 aromatic rings. The van der Waals surface area contributed by atoms with Crippen molar-refractivity contribution in [2.75, 3.05) is 7.11 Å². The molecule has 0 aromatic heterocycles. The number of alkyl halides is 1. The van der Waals surface area contributed by atoms with Gasteiger partial charge in [0.25, 0.3) is 0 Å². The van der Waals surface area contributed by atoms with Gasteiger partial charge in [0.2, 0.25) is 3.61 Å². The number of hydrogen-bond donors (Lipinski definition) is 2. The summed E-state index contributed by atoms with van der Waals surface area (Å²) in [5.41, 5.74) is 1.48. The standard InChI is InChI=1S/C14H13IO4/c1-19-12-7-10(9-5-3-2-4-6-9)11(8-16)13(17)14(12,15)18/h2-8,13,17-18H,1H3. The van der Waals surface area contributed by atoms with Gasteiger partial charge in [-0.25, -0.2) is 0 Å². The van der Waals surface area contributed by atoms with Crippen molar-refractivity contribution in [2.24, 2.45) is 0 Å². The Hall–Kier alpha value is -1.18. The highest BCUT2D eigenvalue weighted by Gasteiger charge is 2.44. The summed E-state index contributed by atoms with van der Waals surface area (Å²) >= 11 is 1.67. The zero-order valence-electron chi connectivity index (χ0n) is 10.2. The van der Waals surface area contributed by atoms with Gasteiger partial charge in [0.05, 0.1) is 7.11 Å². The number of halogens is 1. The molecule has 0 amide bonds. The van der Waals surface area contributed by atoms with E-state index in [9.17, 15) is 15.0 Å². The number of carbonyl (C=O) groups is 1. The number of allylic oxidation sites excluding steroid dienone is 2. The molecule has 1 aromatic carbocycles. The van der Waals surface area contributed by atoms with Crippen LogP contribution in [-0.2, 0) is 9.53 Å². The smallest absolute Gasteiger partial charge is 0.203 e. The number of aliphatic hydroxyl groups is 2. The van der Waals surface area contributed by atoms with E-state index in [0.29, 0.717) is 11.9 Å². The molecule has 2 rings (SSSR count). The zero-order valence-corrected chi connectivity index (χ0v) is 12.4. The molecule has 0 saturated carbocycles. The summed E-state index contributed by atoms with van der Waals surface area (Å²) in [5, 5.41) is 20.4. The van der Waals surface area contributed by atoms with E-state index in [2.05, 4.69) is 0 Å². The highest BCUT2D eigenvalue weighted by molar-refractivity contribution is 14.1. The maximum atomic E-state index is 11.2. The molecule has 0 spiro atoms. The first-order valence-corrected chi connectivity index (χ1v) is 6.70. The number of benzene rings is 1. The third-order valence-electron chi connectivity index (χ3n) is 3.02. The largest absolute Gasteiger partial charge is 0.497 e. The molecule has 0 heterocycles. The molecule has 0 fully saturated rings. The van der Waals surface area contributed by atoms with Gasteiger partial charge in [-0.15, -0.1) is 0 Å². The van der Waals surface area contributed by atoms with Crippen molar-refractivity contribution in [3.63, 3.8) is 0 Å². The molecule has 2 N–H and O–H groups in total. The number of hydrogen-bond acceptors (Lipinski definition) is 4. The van der Waals surface area contributed by atoms with Gasteiger partial charge in [-0.3, -0.25) is 4.79 Å². The predicted octanol–water partition coefficient (Wildman–Crippen LogP) is 1.67. The lowest BCUT2D eigenvalue weighted by Gasteiger charge is -2.33. The number of methoxy groups -OCH3 is 1. The van der Waals surface area contributed by atoms with Crippen molar-refractivity contribution in [1.82, 2.24) is 0 Å². The van der Waals surface area contributed by atoms with Gasteiger partial charge >= 0.3 is 0 Å². The summed E-state index contributed by atoms with van der Waals surface area (Å²) in [4.78, 5) is 11.2. The molecule has 2 atom stereocenters. The Morgan fingerprint density at radius 1 is 1.37 bits per heavy atom. The Kier molecular flexibility index (Phi) is 4.07. The molecule has 0 bridgehead atoms. The molecule has 1 aliphatic rings. The van der Waals surface area contributed by atoms with Crippen LogP contribution in [0.2, 0.25) is 0 Å². The van der Waals surface area contributed by atoms with Crippen molar-refractivity contribution in [2.45, 2.75) is 9.71 Å². The maximum Gasteiger partial charge on any atom is 0.203 e. The first-order chi connectivity index (χ1) is 9.02. The lowest BCUT2D eigenvalue weighted by atomic mass is 9.88. The van der Waals surface area contributed by atoms with E-state index in [1.54, 1.807) is 28.7 Å². The minimum atomic E-state index is -1.64. The Bertz CT molecular complexity index is 546. The van der Waals surface area contributed by atoms with Crippen LogP contribution in [0.5, 0.6) is 0 Å². The lowest BCUT2D eigenvalue weighted by molar-refractivity contribution is -0.106. The van der Waals surface area contributed by atoms with Crippen molar-refractivity contribution < 1.29 is 19.7 Å². The summed E-state index contributed by atoms with van der Waals surface area (Å²) in [6, 6.07) is 9.18. The predicted molar refractivity (Wildman–Crippen MR) is 79.5 cm³/mol. The molecule has 0 radical (unpaired) electrons. The number of ether oxygens (including phenoxy) is 1. The van der Waals surface area contributed by atoms with Gasteiger partial charge in [-0.2, -0.15) is 0 Å². The van der Waals surface area contributed by atoms with Crippen LogP contribution < -0.4 is 0 Å². The topological polar surface area (TPSA) is 66.8 Å². The summed E-state index contributed by atoms with van der Waals surface area (Å²) in [7, 11) is 1.41. The van der Waals surface area contributed by atoms with Gasteiger partial charge < -0.3 is 14.9 Å². The minimum absolute atomic E-state index is 0.143. The lowest BCUT2D eigenvalue weighted by Crippen LogP contribution is -2.42. The fraction of sp³-hybridized carbons (Fsp3) is 0.214. The number of rotatable bonds is 3. The highest BCUT2D eigenvalue weighted by atomic mass is 127. The average Bonchev–Trinajstić information content (AvgIpc) is 2.42. The van der Waals surface area contributed by atoms with E-state index in [-0.39, 0.29) is 11.3 Å². The number of aliphatic hydroxyl groups excluding tert-OH is 1. The third-order valence-corrected chi connectivity index (χ3v) is 4.14. The average molecular weight is 372 g/mol. The van der Waals surface area contributed by atoms with E-state index < -0.39 is 9.71 Å². The Morgan fingerprint density at radius 2 is 2.00 bits per heavy atom. The van der Waals surface area contributed by atoms with Crippen molar-refractivity contribution in [3.8, 4) is 0 Å². The number of carbonyl (C=O) groups excluding carboxylic acids is 1. The fourth-order valence-electron chi connectivity index (χ4n) is 2.00. The number of aldehydes is 1. The van der Waals surface area contributed by atoms with Gasteiger partial charge in [-0.05, 0) is 39.8 Å². The highest BCUT2D eigenvalue weighted by Crippen LogP contribution is 2.40. The molecule has 5 heteroatoms. The maximum absolute atomic E-state index is 11.2. The van der Waals surface area contributed by atoms with E-state index in [0.717, 1.165) is 5.56 Å². The van der Waals surface area contributed by atoms with E-state index in [4.69, 9.17) is 4.74 Å². The van der Waals surface area contributed by atoms with Crippen LogP contribution in [0, 0.1) is 0 Å². The first kappa shape index (κ1) is 14.2. The van der Waals surface area contributed by atoms with E-state index >= 15 is 0 Å². The molecule has 0 aliphatic heterocycles. The fourth-order valence-corrected chi connectivity index (χ4v) is 2.71. The summed E-state index contributed by atoms with van der Waals surface area (Å²) in [5.74, 6) is 0.213. The molecule has 0 saturated heterocycles. The second kappa shape index (κ2) is 5.44. The van der Waals surface area contributed by atoms with Crippen LogP contribution >= 0.6 is 22.6 Å². The SMILES string of the molecule is COC1=CC(c2ccccc2)=C(C=O)C(O)C1(O)I. The van der Waals surface area contributed by atoms with E-state index in [1.165, 1.54) is 7.11 Å². The summed E-state index contributed by atoms with van der Waals surface area (Å²) in [6.45, 7) is 0. The van der Waals surface area contributed by atoms with Gasteiger partial charge in [-0.1, -0.05) is 30.3 Å². The molecule has 4 nitrogen and oxygen atoms in total. The quantitative estimate of drug-likeness (QED) is 0.481. The van der Waals surface area contributed by atoms with Crippen LogP contribution in [0.1, 0.15) is 5.56 Å². The first-order valence-electron chi connectivity index (χ1n) is 5.62. The normalized spacial score (nSPS) is 26.9. The monoisotopic (exact) mass is 372 g/mol. The summed E-state index contributed by atoms with van der Waals surface area (Å²) in [6.07, 6.45) is 0.818. The Balaban J connectivity index is 2.63. The Labute approximate surface area is 124 Å². The van der Waals surface area contributed by atoms with Crippen LogP contribution in [0.25, 0.3) is 5.57 Å². The van der Waals surface area contributed by atoms with Crippen LogP contribution in [0.3, 0.4) is 0 Å². The van der Waals surface area contributed by atoms with Crippen LogP contribution in [-0.4, -0.2) is 33.3 Å². The molecule has 2 unspecified atom stereocenters. The summed E-state index contributed by atoms with van der Waals surface area (Å²) < 4.78 is 3.48. The van der Waals surface area contributed by atoms with Crippen molar-refractivity contribution in [3.05, 3.63) is 53.3 Å². The van der Waals surface area contributed by atoms with Gasteiger partial charge in [0.1, 0.15) is 18.1 Å². The molecular formula is C14H13IO4. The van der Waals surface area contributed by atoms with Crippen molar-refractivity contribution in [1.29, 1.82) is 0 Å². The molecule has 100 valence electrons. The van der Waals surface area contributed by atoms with Gasteiger partial charge in [0, 0.05) is 5.57 Å². The van der Waals surface area contributed by atoms with Gasteiger partial charge in [0.15, 0.2) is 0 Å². The molecule has 1 aliphatic carbocycles. The Morgan fingerprint density at radius 3 is 2.53 bits per heavy atom. The molecule has 19 heavy (non-hydrogen) atoms. The van der Waals surface area contributed by atoms with Crippen molar-refractivity contribution >= 4 is 34.5 Å². The zero-order chi connectivity index (χ0) is 14.0. The minimum Gasteiger partial charge on any atom is -0.497 e. The van der Waals surface area contributed by atoms with E-state index in [1.807, 2.05) is 30.3 Å². The second-order valence-corrected chi connectivity index (χ2v) is 5.79. The van der Waals surface area contributed by atoms with Crippen LogP contribution in [0.4, 0.5) is 0 Å². The van der Waals surface area contributed by atoms with Crippen LogP contribution in [0.15, 0.2) is 47.7 Å². The second-order valence-electron chi connectivity index (χ2n) is 4.14. The molecular weight excluding hydrogens is 359 g/mol.